The van der Waals surface area contributed by atoms with Crippen molar-refractivity contribution in [3.05, 3.63) is 145 Å². The summed E-state index contributed by atoms with van der Waals surface area (Å²) in [6.07, 6.45) is 23.5. The Balaban J connectivity index is 0.885. The van der Waals surface area contributed by atoms with Gasteiger partial charge in [0.2, 0.25) is 12.6 Å². The van der Waals surface area contributed by atoms with Crippen molar-refractivity contribution in [2.45, 2.75) is 154 Å². The van der Waals surface area contributed by atoms with Gasteiger partial charge in [0.25, 0.3) is 0 Å². The second-order valence-corrected chi connectivity index (χ2v) is 18.7. The molecule has 5 rings (SSSR count). The van der Waals surface area contributed by atoms with Crippen molar-refractivity contribution in [2.24, 2.45) is 0 Å². The summed E-state index contributed by atoms with van der Waals surface area (Å²) in [4.78, 5) is 47.9. The molecule has 2 unspecified atom stereocenters. The van der Waals surface area contributed by atoms with Crippen LogP contribution in [0.25, 0.3) is 0 Å². The Morgan fingerprint density at radius 3 is 1.00 bits per heavy atom. The Morgan fingerprint density at radius 1 is 0.395 bits per heavy atom. The zero-order valence-electron chi connectivity index (χ0n) is 44.5. The molecule has 1 aliphatic rings. The first-order valence-corrected chi connectivity index (χ1v) is 27.4. The SMILES string of the molecule is C=CC(=O)OCCCCCCCCCCCCOc1ccc(C(=O)Oc2ccc(COC3OCCOC3OCc3ccc(OC(=O)c4ccc(OCCCCCCCCCCCCOC(=O)C=C)cc4)cc3)cc2)cc1. The maximum Gasteiger partial charge on any atom is 0.343 e. The molecule has 0 radical (unpaired) electrons. The van der Waals surface area contributed by atoms with Gasteiger partial charge in [0, 0.05) is 12.2 Å². The lowest BCUT2D eigenvalue weighted by Crippen LogP contribution is -2.41. The highest BCUT2D eigenvalue weighted by atomic mass is 16.8. The second-order valence-electron chi connectivity index (χ2n) is 18.7. The van der Waals surface area contributed by atoms with Crippen molar-refractivity contribution < 1.29 is 66.5 Å². The topological polar surface area (TPSA) is 161 Å². The summed E-state index contributed by atoms with van der Waals surface area (Å²) in [6, 6.07) is 28.1. The summed E-state index contributed by atoms with van der Waals surface area (Å²) in [5.41, 5.74) is 2.53. The highest BCUT2D eigenvalue weighted by molar-refractivity contribution is 5.91. The maximum atomic E-state index is 12.9. The molecule has 1 aliphatic heterocycles. The number of carbonyl (C=O) groups excluding carboxylic acids is 4. The van der Waals surface area contributed by atoms with Gasteiger partial charge in [0.15, 0.2) is 0 Å². The number of rotatable bonds is 40. The largest absolute Gasteiger partial charge is 0.494 e. The molecule has 0 saturated carbocycles. The van der Waals surface area contributed by atoms with E-state index in [0.29, 0.717) is 73.8 Å². The molecule has 0 amide bonds. The number of hydrogen-bond acceptors (Lipinski definition) is 14. The van der Waals surface area contributed by atoms with E-state index in [1.54, 1.807) is 72.8 Å². The molecule has 0 N–H and O–H groups in total. The van der Waals surface area contributed by atoms with Crippen LogP contribution in [0.1, 0.15) is 160 Å². The molecule has 76 heavy (non-hydrogen) atoms. The molecule has 1 heterocycles. The average molecular weight is 1050 g/mol. The van der Waals surface area contributed by atoms with Crippen LogP contribution < -0.4 is 18.9 Å². The van der Waals surface area contributed by atoms with E-state index in [2.05, 4.69) is 13.2 Å². The van der Waals surface area contributed by atoms with Crippen LogP contribution in [0.5, 0.6) is 23.0 Å². The summed E-state index contributed by atoms with van der Waals surface area (Å²) in [6.45, 7) is 10.1. The van der Waals surface area contributed by atoms with Crippen LogP contribution in [0, 0.1) is 0 Å². The third-order valence-corrected chi connectivity index (χ3v) is 12.6. The van der Waals surface area contributed by atoms with Crippen molar-refractivity contribution in [3.8, 4) is 23.0 Å². The Bertz CT molecular complexity index is 2100. The minimum absolute atomic E-state index is 0.212. The Kier molecular flexibility index (Phi) is 29.8. The lowest BCUT2D eigenvalue weighted by Gasteiger charge is -2.31. The van der Waals surface area contributed by atoms with Gasteiger partial charge in [-0.2, -0.15) is 0 Å². The maximum absolute atomic E-state index is 12.9. The zero-order chi connectivity index (χ0) is 53.7. The standard InChI is InChI=1S/C62H80O14/c1-3-57(63)69-43-23-19-15-11-7-5-9-13-17-21-41-67-53-37-29-51(30-38-53)59(65)75-55-33-25-49(26-34-55)47-73-61-62(72-46-45-71-61)74-48-50-27-35-56(36-28-50)76-60(66)52-31-39-54(40-32-52)68-42-22-18-14-10-6-8-12-16-20-24-44-70-58(64)4-2/h3-4,25-40,61-62H,1-2,5-24,41-48H2. The number of carbonyl (C=O) groups is 4. The smallest absolute Gasteiger partial charge is 0.343 e. The molecule has 14 nitrogen and oxygen atoms in total. The van der Waals surface area contributed by atoms with E-state index < -0.39 is 24.5 Å². The minimum atomic E-state index is -0.764. The van der Waals surface area contributed by atoms with Crippen LogP contribution in [0.2, 0.25) is 0 Å². The molecular formula is C62H80O14. The minimum Gasteiger partial charge on any atom is -0.494 e. The van der Waals surface area contributed by atoms with Crippen LogP contribution in [-0.4, -0.2) is 76.1 Å². The zero-order valence-corrected chi connectivity index (χ0v) is 44.5. The van der Waals surface area contributed by atoms with Crippen LogP contribution in [0.3, 0.4) is 0 Å². The highest BCUT2D eigenvalue weighted by Crippen LogP contribution is 2.23. The predicted octanol–water partition coefficient (Wildman–Crippen LogP) is 13.6. The first-order chi connectivity index (χ1) is 37.3. The first-order valence-electron chi connectivity index (χ1n) is 27.4. The Morgan fingerprint density at radius 2 is 0.684 bits per heavy atom. The van der Waals surface area contributed by atoms with E-state index in [9.17, 15) is 19.2 Å². The van der Waals surface area contributed by atoms with Crippen LogP contribution in [0.4, 0.5) is 0 Å². The molecule has 4 aromatic rings. The average Bonchev–Trinajstić information content (AvgIpc) is 3.45. The lowest BCUT2D eigenvalue weighted by atomic mass is 10.1. The number of hydrogen-bond donors (Lipinski definition) is 0. The van der Waals surface area contributed by atoms with Gasteiger partial charge in [0.05, 0.1) is 64.0 Å². The molecule has 1 saturated heterocycles. The molecule has 0 aromatic heterocycles. The third-order valence-electron chi connectivity index (χ3n) is 12.6. The number of unbranched alkanes of at least 4 members (excludes halogenated alkanes) is 18. The summed E-state index contributed by atoms with van der Waals surface area (Å²) >= 11 is 0. The summed E-state index contributed by atoms with van der Waals surface area (Å²) in [5, 5.41) is 0. The van der Waals surface area contributed by atoms with E-state index in [0.717, 1.165) is 62.5 Å². The molecule has 0 bridgehead atoms. The fourth-order valence-corrected chi connectivity index (χ4v) is 8.19. The molecule has 14 heteroatoms. The molecule has 2 atom stereocenters. The van der Waals surface area contributed by atoms with E-state index >= 15 is 0 Å². The summed E-state index contributed by atoms with van der Waals surface area (Å²) in [5.74, 6) is 0.612. The first kappa shape index (κ1) is 60.5. The predicted molar refractivity (Wildman–Crippen MR) is 290 cm³/mol. The molecule has 4 aromatic carbocycles. The van der Waals surface area contributed by atoms with Gasteiger partial charge in [0.1, 0.15) is 23.0 Å². The molecule has 0 spiro atoms. The third kappa shape index (κ3) is 25.5. The van der Waals surface area contributed by atoms with Crippen LogP contribution in [0.15, 0.2) is 122 Å². The van der Waals surface area contributed by atoms with Gasteiger partial charge in [-0.15, -0.1) is 0 Å². The van der Waals surface area contributed by atoms with Gasteiger partial charge in [-0.1, -0.05) is 140 Å². The van der Waals surface area contributed by atoms with Gasteiger partial charge < -0.3 is 47.4 Å². The van der Waals surface area contributed by atoms with Crippen molar-refractivity contribution in [2.75, 3.05) is 39.6 Å². The van der Waals surface area contributed by atoms with Gasteiger partial charge in [-0.25, -0.2) is 19.2 Å². The molecule has 1 fully saturated rings. The van der Waals surface area contributed by atoms with E-state index in [1.807, 2.05) is 24.3 Å². The van der Waals surface area contributed by atoms with Crippen molar-refractivity contribution >= 4 is 23.9 Å². The van der Waals surface area contributed by atoms with E-state index in [4.69, 9.17) is 47.4 Å². The van der Waals surface area contributed by atoms with Gasteiger partial charge >= 0.3 is 23.9 Å². The van der Waals surface area contributed by atoms with Gasteiger partial charge in [-0.05, 0) is 110 Å². The van der Waals surface area contributed by atoms with Crippen LogP contribution in [-0.2, 0) is 51.2 Å². The number of ether oxygens (including phenoxy) is 10. The second kappa shape index (κ2) is 37.4. The van der Waals surface area contributed by atoms with E-state index in [-0.39, 0.29) is 25.2 Å². The quantitative estimate of drug-likeness (QED) is 0.0179. The molecule has 412 valence electrons. The summed E-state index contributed by atoms with van der Waals surface area (Å²) < 4.78 is 56.8. The monoisotopic (exact) mass is 1050 g/mol. The number of esters is 4. The van der Waals surface area contributed by atoms with Crippen molar-refractivity contribution in [1.82, 2.24) is 0 Å². The van der Waals surface area contributed by atoms with E-state index in [1.165, 1.54) is 89.2 Å². The van der Waals surface area contributed by atoms with Gasteiger partial charge in [-0.3, -0.25) is 0 Å². The molecular weight excluding hydrogens is 969 g/mol. The Labute approximate surface area is 450 Å². The highest BCUT2D eigenvalue weighted by Gasteiger charge is 2.29. The Hall–Kier alpha value is -6.32. The van der Waals surface area contributed by atoms with Crippen LogP contribution >= 0.6 is 0 Å². The van der Waals surface area contributed by atoms with Crippen molar-refractivity contribution in [3.63, 3.8) is 0 Å². The summed E-state index contributed by atoms with van der Waals surface area (Å²) in [7, 11) is 0. The molecule has 0 aliphatic carbocycles. The normalized spacial score (nSPS) is 14.1. The lowest BCUT2D eigenvalue weighted by molar-refractivity contribution is -0.326. The fraction of sp³-hybridized carbons (Fsp3) is 0.484. The fourth-order valence-electron chi connectivity index (χ4n) is 8.19. The van der Waals surface area contributed by atoms with Crippen molar-refractivity contribution in [1.29, 1.82) is 0 Å². The number of benzene rings is 4.